The highest BCUT2D eigenvalue weighted by Gasteiger charge is 2.12. The van der Waals surface area contributed by atoms with E-state index in [1.165, 1.54) is 16.8 Å². The summed E-state index contributed by atoms with van der Waals surface area (Å²) in [6.07, 6.45) is 0. The van der Waals surface area contributed by atoms with Crippen molar-refractivity contribution < 1.29 is 0 Å². The van der Waals surface area contributed by atoms with Gasteiger partial charge in [-0.15, -0.1) is 0 Å². The van der Waals surface area contributed by atoms with E-state index in [1.807, 2.05) is 7.05 Å². The predicted molar refractivity (Wildman–Crippen MR) is 70.9 cm³/mol. The van der Waals surface area contributed by atoms with Crippen molar-refractivity contribution in [3.63, 3.8) is 0 Å². The van der Waals surface area contributed by atoms with Gasteiger partial charge >= 0.3 is 0 Å². The van der Waals surface area contributed by atoms with E-state index < -0.39 is 0 Å². The Morgan fingerprint density at radius 1 is 1.29 bits per heavy atom. The second-order valence-electron chi connectivity index (χ2n) is 4.43. The van der Waals surface area contributed by atoms with Crippen LogP contribution in [0.2, 0.25) is 0 Å². The number of nitrogens with one attached hydrogen (secondary N) is 1. The normalized spacial score (nSPS) is 10.8. The quantitative estimate of drug-likeness (QED) is 0.876. The van der Waals surface area contributed by atoms with E-state index in [0.717, 1.165) is 18.1 Å². The minimum Gasteiger partial charge on any atom is -0.330 e. The van der Waals surface area contributed by atoms with Gasteiger partial charge in [0.05, 0.1) is 11.4 Å². The Balaban J connectivity index is 2.50. The Bertz CT molecular complexity index is 526. The van der Waals surface area contributed by atoms with Crippen LogP contribution < -0.4 is 5.32 Å². The molecule has 1 heterocycles. The summed E-state index contributed by atoms with van der Waals surface area (Å²) in [5.74, 6) is 1.04. The summed E-state index contributed by atoms with van der Waals surface area (Å²) in [6.45, 7) is 5.01. The summed E-state index contributed by atoms with van der Waals surface area (Å²) >= 11 is 0. The van der Waals surface area contributed by atoms with Gasteiger partial charge in [0.25, 0.3) is 0 Å². The molecule has 1 aromatic heterocycles. The lowest BCUT2D eigenvalue weighted by molar-refractivity contribution is 0.732. The van der Waals surface area contributed by atoms with Gasteiger partial charge in [0.2, 0.25) is 0 Å². The van der Waals surface area contributed by atoms with Crippen LogP contribution in [0.3, 0.4) is 0 Å². The van der Waals surface area contributed by atoms with E-state index in [2.05, 4.69) is 60.0 Å². The van der Waals surface area contributed by atoms with E-state index in [9.17, 15) is 0 Å². The molecule has 0 bridgehead atoms. The van der Waals surface area contributed by atoms with E-state index >= 15 is 0 Å². The number of hydrogen-bond acceptors (Lipinski definition) is 2. The fraction of sp³-hybridized carbons (Fsp3) is 0.357. The average molecular weight is 229 g/mol. The molecular weight excluding hydrogens is 210 g/mol. The van der Waals surface area contributed by atoms with Gasteiger partial charge in [0, 0.05) is 19.2 Å². The molecule has 1 aromatic carbocycles. The van der Waals surface area contributed by atoms with Gasteiger partial charge in [-0.2, -0.15) is 0 Å². The number of rotatable bonds is 3. The number of nitrogens with zero attached hydrogens (tertiary/aromatic N) is 2. The molecule has 3 nitrogen and oxygen atoms in total. The van der Waals surface area contributed by atoms with Crippen molar-refractivity contribution in [3.8, 4) is 11.4 Å². The first kappa shape index (κ1) is 11.9. The van der Waals surface area contributed by atoms with Crippen LogP contribution in [0.5, 0.6) is 0 Å². The summed E-state index contributed by atoms with van der Waals surface area (Å²) in [6, 6.07) is 8.46. The molecule has 0 aliphatic carbocycles. The third-order valence-electron chi connectivity index (χ3n) is 3.03. The molecule has 0 saturated carbocycles. The molecule has 0 amide bonds. The van der Waals surface area contributed by atoms with Crippen LogP contribution in [-0.4, -0.2) is 16.6 Å². The van der Waals surface area contributed by atoms with Crippen molar-refractivity contribution >= 4 is 0 Å². The molecule has 0 radical (unpaired) electrons. The van der Waals surface area contributed by atoms with Crippen molar-refractivity contribution in [1.82, 2.24) is 14.9 Å². The van der Waals surface area contributed by atoms with Gasteiger partial charge in [-0.1, -0.05) is 23.8 Å². The van der Waals surface area contributed by atoms with Crippen LogP contribution in [0, 0.1) is 13.8 Å². The van der Waals surface area contributed by atoms with Gasteiger partial charge in [-0.3, -0.25) is 0 Å². The number of hydrogen-bond donors (Lipinski definition) is 1. The summed E-state index contributed by atoms with van der Waals surface area (Å²) in [4.78, 5) is 4.66. The number of aryl methyl sites for hydroxylation is 2. The number of benzene rings is 1. The average Bonchev–Trinajstić information content (AvgIpc) is 2.57. The molecule has 0 spiro atoms. The number of imidazole rings is 1. The SMILES string of the molecule is CNCc1c(C)nc(-c2cccc(C)c2)n1C. The standard InChI is InChI=1S/C14H19N3/c1-10-6-5-7-12(8-10)14-16-11(2)13(9-15-3)17(14)4/h5-8,15H,9H2,1-4H3. The van der Waals surface area contributed by atoms with Gasteiger partial charge in [-0.25, -0.2) is 4.98 Å². The molecule has 0 aliphatic rings. The summed E-state index contributed by atoms with van der Waals surface area (Å²) in [5, 5.41) is 3.18. The summed E-state index contributed by atoms with van der Waals surface area (Å²) < 4.78 is 2.17. The lowest BCUT2D eigenvalue weighted by Crippen LogP contribution is -2.10. The maximum Gasteiger partial charge on any atom is 0.140 e. The highest BCUT2D eigenvalue weighted by atomic mass is 15.1. The Hall–Kier alpha value is -1.61. The van der Waals surface area contributed by atoms with Crippen LogP contribution >= 0.6 is 0 Å². The van der Waals surface area contributed by atoms with Crippen LogP contribution in [-0.2, 0) is 13.6 Å². The maximum absolute atomic E-state index is 4.66. The molecular formula is C14H19N3. The topological polar surface area (TPSA) is 29.9 Å². The lowest BCUT2D eigenvalue weighted by atomic mass is 10.1. The first-order valence-electron chi connectivity index (χ1n) is 5.87. The monoisotopic (exact) mass is 229 g/mol. The fourth-order valence-corrected chi connectivity index (χ4v) is 2.13. The highest BCUT2D eigenvalue weighted by molar-refractivity contribution is 5.58. The second-order valence-corrected chi connectivity index (χ2v) is 4.43. The molecule has 17 heavy (non-hydrogen) atoms. The minimum absolute atomic E-state index is 0.848. The third-order valence-corrected chi connectivity index (χ3v) is 3.03. The first-order chi connectivity index (χ1) is 8.13. The van der Waals surface area contributed by atoms with Crippen LogP contribution in [0.15, 0.2) is 24.3 Å². The van der Waals surface area contributed by atoms with Crippen molar-refractivity contribution in [2.24, 2.45) is 7.05 Å². The molecule has 0 aliphatic heterocycles. The Morgan fingerprint density at radius 3 is 2.71 bits per heavy atom. The maximum atomic E-state index is 4.66. The summed E-state index contributed by atoms with van der Waals surface area (Å²) in [7, 11) is 4.03. The first-order valence-corrected chi connectivity index (χ1v) is 5.87. The fourth-order valence-electron chi connectivity index (χ4n) is 2.13. The molecule has 2 aromatic rings. The van der Waals surface area contributed by atoms with Crippen molar-refractivity contribution in [1.29, 1.82) is 0 Å². The molecule has 0 fully saturated rings. The molecule has 0 saturated heterocycles. The van der Waals surface area contributed by atoms with Gasteiger partial charge in [0.1, 0.15) is 5.82 Å². The second kappa shape index (κ2) is 4.72. The number of aromatic nitrogens is 2. The highest BCUT2D eigenvalue weighted by Crippen LogP contribution is 2.21. The predicted octanol–water partition coefficient (Wildman–Crippen LogP) is 2.42. The van der Waals surface area contributed by atoms with E-state index in [4.69, 9.17) is 0 Å². The van der Waals surface area contributed by atoms with Gasteiger partial charge in [-0.05, 0) is 27.0 Å². The van der Waals surface area contributed by atoms with Gasteiger partial charge < -0.3 is 9.88 Å². The molecule has 3 heteroatoms. The zero-order chi connectivity index (χ0) is 12.4. The molecule has 2 rings (SSSR count). The van der Waals surface area contributed by atoms with Crippen LogP contribution in [0.25, 0.3) is 11.4 Å². The molecule has 0 unspecified atom stereocenters. The van der Waals surface area contributed by atoms with Crippen molar-refractivity contribution in [2.45, 2.75) is 20.4 Å². The van der Waals surface area contributed by atoms with Crippen LogP contribution in [0.4, 0.5) is 0 Å². The van der Waals surface area contributed by atoms with Crippen molar-refractivity contribution in [3.05, 3.63) is 41.2 Å². The van der Waals surface area contributed by atoms with E-state index in [-0.39, 0.29) is 0 Å². The smallest absolute Gasteiger partial charge is 0.140 e. The molecule has 0 atom stereocenters. The Morgan fingerprint density at radius 2 is 2.06 bits per heavy atom. The van der Waals surface area contributed by atoms with Crippen molar-refractivity contribution in [2.75, 3.05) is 7.05 Å². The zero-order valence-electron chi connectivity index (χ0n) is 10.9. The minimum atomic E-state index is 0.848. The van der Waals surface area contributed by atoms with Crippen LogP contribution in [0.1, 0.15) is 17.0 Å². The third kappa shape index (κ3) is 2.24. The van der Waals surface area contributed by atoms with E-state index in [0.29, 0.717) is 0 Å². The largest absolute Gasteiger partial charge is 0.330 e. The van der Waals surface area contributed by atoms with Gasteiger partial charge in [0.15, 0.2) is 0 Å². The summed E-state index contributed by atoms with van der Waals surface area (Å²) in [5.41, 5.74) is 4.78. The zero-order valence-corrected chi connectivity index (χ0v) is 10.9. The molecule has 1 N–H and O–H groups in total. The lowest BCUT2D eigenvalue weighted by Gasteiger charge is -2.06. The van der Waals surface area contributed by atoms with E-state index in [1.54, 1.807) is 0 Å². The Kier molecular flexibility index (Phi) is 3.29. The molecule has 90 valence electrons. The Labute approximate surface area is 103 Å².